The topological polar surface area (TPSA) is 38.7 Å². The van der Waals surface area contributed by atoms with E-state index in [1.165, 1.54) is 5.30 Å². The van der Waals surface area contributed by atoms with E-state index in [1.54, 1.807) is 29.3 Å². The monoisotopic (exact) mass is 331 g/mol. The Kier molecular flexibility index (Phi) is 4.34. The lowest BCUT2D eigenvalue weighted by Gasteiger charge is -2.04. The molecule has 0 aliphatic rings. The van der Waals surface area contributed by atoms with Crippen LogP contribution in [-0.2, 0) is 0 Å². The van der Waals surface area contributed by atoms with Gasteiger partial charge in [-0.1, -0.05) is 36.0 Å². The van der Waals surface area contributed by atoms with Crippen molar-refractivity contribution in [2.24, 2.45) is 0 Å². The number of hydrogen-bond acceptors (Lipinski definition) is 5. The Balaban J connectivity index is 2.13. The molecule has 2 aromatic heterocycles. The Morgan fingerprint density at radius 3 is 2.57 bits per heavy atom. The zero-order chi connectivity index (χ0) is 14.8. The van der Waals surface area contributed by atoms with Crippen LogP contribution in [0.3, 0.4) is 0 Å². The first kappa shape index (κ1) is 14.6. The summed E-state index contributed by atoms with van der Waals surface area (Å²) in [7, 11) is 2.70. The summed E-state index contributed by atoms with van der Waals surface area (Å²) in [5.41, 5.74) is 3.04. The van der Waals surface area contributed by atoms with E-state index in [4.69, 9.17) is 0 Å². The van der Waals surface area contributed by atoms with Gasteiger partial charge in [0, 0.05) is 11.8 Å². The summed E-state index contributed by atoms with van der Waals surface area (Å²) >= 11 is 3.22. The smallest absolute Gasteiger partial charge is 0.187 e. The van der Waals surface area contributed by atoms with E-state index in [-0.39, 0.29) is 0 Å². The number of benzene rings is 1. The molecule has 21 heavy (non-hydrogen) atoms. The number of thioether (sulfide) groups is 1. The minimum absolute atomic E-state index is 0.782. The number of rotatable bonds is 3. The molecule has 0 saturated carbocycles. The van der Waals surface area contributed by atoms with Crippen LogP contribution in [-0.4, -0.2) is 21.2 Å². The average Bonchev–Trinajstić information content (AvgIpc) is 2.90. The Morgan fingerprint density at radius 1 is 1.10 bits per heavy atom. The Labute approximate surface area is 134 Å². The summed E-state index contributed by atoms with van der Waals surface area (Å²) in [6, 6.07) is 10.3. The third kappa shape index (κ3) is 3.15. The second kappa shape index (κ2) is 6.22. The van der Waals surface area contributed by atoms with Crippen molar-refractivity contribution >= 4 is 37.6 Å². The van der Waals surface area contributed by atoms with Crippen molar-refractivity contribution in [3.63, 3.8) is 0 Å². The molecule has 3 aromatic rings. The van der Waals surface area contributed by atoms with Gasteiger partial charge in [0.25, 0.3) is 0 Å². The van der Waals surface area contributed by atoms with Gasteiger partial charge in [-0.2, -0.15) is 0 Å². The molecule has 1 aromatic carbocycles. The molecule has 0 aliphatic heterocycles. The van der Waals surface area contributed by atoms with Gasteiger partial charge in [-0.3, -0.25) is 0 Å². The minimum atomic E-state index is 0.782. The zero-order valence-electron chi connectivity index (χ0n) is 11.7. The fourth-order valence-electron chi connectivity index (χ4n) is 2.00. The van der Waals surface area contributed by atoms with Crippen LogP contribution in [0.15, 0.2) is 41.7 Å². The minimum Gasteiger partial charge on any atom is -0.241 e. The molecule has 0 radical (unpaired) electrons. The highest BCUT2D eigenvalue weighted by atomic mass is 32.2. The maximum atomic E-state index is 4.69. The van der Waals surface area contributed by atoms with Crippen molar-refractivity contribution in [1.29, 1.82) is 0 Å². The Morgan fingerprint density at radius 2 is 1.86 bits per heavy atom. The quantitative estimate of drug-likeness (QED) is 0.416. The number of thiazole rings is 1. The van der Waals surface area contributed by atoms with E-state index in [1.807, 2.05) is 19.2 Å². The Bertz CT molecular complexity index is 769. The highest BCUT2D eigenvalue weighted by Crippen LogP contribution is 2.35. The SMILES string of the molecule is CSc1nccc(-c2sc(C)nc2-c2ccc(P)cc2)n1. The third-order valence-electron chi connectivity index (χ3n) is 2.97. The normalized spacial score (nSPS) is 10.8. The van der Waals surface area contributed by atoms with Crippen LogP contribution in [0, 0.1) is 6.92 Å². The summed E-state index contributed by atoms with van der Waals surface area (Å²) < 4.78 is 0. The summed E-state index contributed by atoms with van der Waals surface area (Å²) in [5, 5.41) is 2.99. The first-order valence-corrected chi connectivity index (χ1v) is 9.00. The van der Waals surface area contributed by atoms with Gasteiger partial charge in [0.15, 0.2) is 5.16 Å². The standard InChI is InChI=1S/C15H14N3PS2/c1-9-17-13(10-3-5-11(19)6-4-10)14(21-9)12-7-8-16-15(18-12)20-2/h3-8H,19H2,1-2H3. The van der Waals surface area contributed by atoms with E-state index >= 15 is 0 Å². The average molecular weight is 331 g/mol. The molecule has 0 N–H and O–H groups in total. The fraction of sp³-hybridized carbons (Fsp3) is 0.133. The molecular formula is C15H14N3PS2. The van der Waals surface area contributed by atoms with Crippen LogP contribution in [0.25, 0.3) is 21.8 Å². The fourth-order valence-corrected chi connectivity index (χ4v) is 3.46. The van der Waals surface area contributed by atoms with Gasteiger partial charge in [-0.15, -0.1) is 20.6 Å². The summed E-state index contributed by atoms with van der Waals surface area (Å²) in [5.74, 6) is 0. The number of aryl methyl sites for hydroxylation is 1. The van der Waals surface area contributed by atoms with Gasteiger partial charge in [-0.05, 0) is 24.6 Å². The molecule has 106 valence electrons. The van der Waals surface area contributed by atoms with Crippen molar-refractivity contribution in [2.45, 2.75) is 12.1 Å². The van der Waals surface area contributed by atoms with Crippen molar-refractivity contribution in [3.05, 3.63) is 41.5 Å². The highest BCUT2D eigenvalue weighted by molar-refractivity contribution is 7.98. The second-order valence-corrected chi connectivity index (χ2v) is 7.10. The lowest BCUT2D eigenvalue weighted by molar-refractivity contribution is 0.978. The lowest BCUT2D eigenvalue weighted by atomic mass is 10.1. The molecule has 0 bridgehead atoms. The Hall–Kier alpha value is -1.29. The number of aromatic nitrogens is 3. The van der Waals surface area contributed by atoms with Crippen LogP contribution in [0.5, 0.6) is 0 Å². The van der Waals surface area contributed by atoms with Gasteiger partial charge in [0.05, 0.1) is 21.3 Å². The van der Waals surface area contributed by atoms with E-state index in [2.05, 4.69) is 48.5 Å². The maximum absolute atomic E-state index is 4.69. The zero-order valence-corrected chi connectivity index (χ0v) is 14.5. The molecule has 1 atom stereocenters. The molecule has 0 fully saturated rings. The van der Waals surface area contributed by atoms with Crippen LogP contribution < -0.4 is 5.30 Å². The first-order chi connectivity index (χ1) is 10.2. The number of hydrogen-bond donors (Lipinski definition) is 0. The van der Waals surface area contributed by atoms with Crippen LogP contribution in [0.1, 0.15) is 5.01 Å². The van der Waals surface area contributed by atoms with Crippen molar-refractivity contribution in [2.75, 3.05) is 6.26 Å². The van der Waals surface area contributed by atoms with E-state index in [0.29, 0.717) is 0 Å². The largest absolute Gasteiger partial charge is 0.241 e. The van der Waals surface area contributed by atoms with Crippen LogP contribution in [0.2, 0.25) is 0 Å². The van der Waals surface area contributed by atoms with E-state index in [0.717, 1.165) is 32.0 Å². The third-order valence-corrected chi connectivity index (χ3v) is 4.91. The molecular weight excluding hydrogens is 317 g/mol. The maximum Gasteiger partial charge on any atom is 0.187 e. The molecule has 0 amide bonds. The predicted molar refractivity (Wildman–Crippen MR) is 94.4 cm³/mol. The van der Waals surface area contributed by atoms with Crippen LogP contribution in [0.4, 0.5) is 0 Å². The molecule has 0 saturated heterocycles. The molecule has 0 spiro atoms. The molecule has 2 heterocycles. The van der Waals surface area contributed by atoms with Gasteiger partial charge < -0.3 is 0 Å². The van der Waals surface area contributed by atoms with Crippen molar-refractivity contribution < 1.29 is 0 Å². The van der Waals surface area contributed by atoms with Gasteiger partial charge in [0.1, 0.15) is 0 Å². The molecule has 1 unspecified atom stereocenters. The van der Waals surface area contributed by atoms with E-state index in [9.17, 15) is 0 Å². The first-order valence-electron chi connectivity index (χ1n) is 6.38. The highest BCUT2D eigenvalue weighted by Gasteiger charge is 2.14. The lowest BCUT2D eigenvalue weighted by Crippen LogP contribution is -1.91. The van der Waals surface area contributed by atoms with Gasteiger partial charge in [0.2, 0.25) is 0 Å². The second-order valence-electron chi connectivity index (χ2n) is 4.46. The van der Waals surface area contributed by atoms with Crippen LogP contribution >= 0.6 is 32.3 Å². The summed E-state index contributed by atoms with van der Waals surface area (Å²) in [4.78, 5) is 14.6. The van der Waals surface area contributed by atoms with E-state index < -0.39 is 0 Å². The molecule has 0 aliphatic carbocycles. The van der Waals surface area contributed by atoms with Crippen molar-refractivity contribution in [3.8, 4) is 21.8 Å². The van der Waals surface area contributed by atoms with Gasteiger partial charge >= 0.3 is 0 Å². The molecule has 6 heteroatoms. The predicted octanol–water partition coefficient (Wildman–Crippen LogP) is 3.80. The summed E-state index contributed by atoms with van der Waals surface area (Å²) in [6.07, 6.45) is 3.79. The molecule has 3 nitrogen and oxygen atoms in total. The molecule has 3 rings (SSSR count). The van der Waals surface area contributed by atoms with Gasteiger partial charge in [-0.25, -0.2) is 15.0 Å². The summed E-state index contributed by atoms with van der Waals surface area (Å²) in [6.45, 7) is 2.03. The number of nitrogens with zero attached hydrogens (tertiary/aromatic N) is 3. The van der Waals surface area contributed by atoms with Crippen molar-refractivity contribution in [1.82, 2.24) is 15.0 Å².